The first-order valence-electron chi connectivity index (χ1n) is 10.8. The highest BCUT2D eigenvalue weighted by Gasteiger charge is 2.40. The fourth-order valence-electron chi connectivity index (χ4n) is 4.78. The zero-order valence-corrected chi connectivity index (χ0v) is 17.1. The average molecular weight is 415 g/mol. The van der Waals surface area contributed by atoms with Gasteiger partial charge in [-0.15, -0.1) is 0 Å². The fourth-order valence-corrected chi connectivity index (χ4v) is 4.78. The van der Waals surface area contributed by atoms with Crippen molar-refractivity contribution < 1.29 is 9.59 Å². The van der Waals surface area contributed by atoms with Crippen LogP contribution in [-0.4, -0.2) is 21.6 Å². The predicted molar refractivity (Wildman–Crippen MR) is 117 cm³/mol. The van der Waals surface area contributed by atoms with Gasteiger partial charge in [-0.2, -0.15) is 5.10 Å². The molecule has 1 aromatic heterocycles. The van der Waals surface area contributed by atoms with Crippen LogP contribution in [0.5, 0.6) is 0 Å². The largest absolute Gasteiger partial charge is 0.321 e. The van der Waals surface area contributed by atoms with Crippen LogP contribution < -0.4 is 16.2 Å². The van der Waals surface area contributed by atoms with Crippen LogP contribution in [0.2, 0.25) is 0 Å². The lowest BCUT2D eigenvalue weighted by Gasteiger charge is -2.41. The van der Waals surface area contributed by atoms with Crippen molar-refractivity contribution in [2.24, 2.45) is 11.8 Å². The van der Waals surface area contributed by atoms with Crippen LogP contribution >= 0.6 is 0 Å². The molecule has 3 N–H and O–H groups in total. The van der Waals surface area contributed by atoms with Gasteiger partial charge in [0.25, 0.3) is 5.91 Å². The Kier molecular flexibility index (Phi) is 5.26. The van der Waals surface area contributed by atoms with Crippen LogP contribution in [-0.2, 0) is 4.79 Å². The Morgan fingerprint density at radius 2 is 1.77 bits per heavy atom. The maximum absolute atomic E-state index is 12.8. The lowest BCUT2D eigenvalue weighted by molar-refractivity contribution is -0.133. The summed E-state index contributed by atoms with van der Waals surface area (Å²) in [6, 6.07) is 19.2. The van der Waals surface area contributed by atoms with E-state index in [1.807, 2.05) is 54.6 Å². The van der Waals surface area contributed by atoms with Crippen molar-refractivity contribution in [2.45, 2.75) is 31.7 Å². The average Bonchev–Trinajstić information content (AvgIpc) is 3.31. The number of nitrogens with one attached hydrogen (secondary N) is 3. The number of carbonyl (C=O) groups excluding carboxylic acids is 2. The van der Waals surface area contributed by atoms with Crippen molar-refractivity contribution in [3.05, 3.63) is 78.1 Å². The molecular formula is C24H25N5O2. The molecule has 1 aliphatic heterocycles. The van der Waals surface area contributed by atoms with E-state index in [1.165, 1.54) is 0 Å². The molecule has 1 aliphatic carbocycles. The highest BCUT2D eigenvalue weighted by Crippen LogP contribution is 2.40. The number of hydrazine groups is 1. The molecule has 5 rings (SSSR count). The van der Waals surface area contributed by atoms with Gasteiger partial charge in [0.05, 0.1) is 17.9 Å². The number of rotatable bonds is 4. The number of hydrogen-bond donors (Lipinski definition) is 3. The van der Waals surface area contributed by atoms with Crippen molar-refractivity contribution in [2.75, 3.05) is 5.32 Å². The van der Waals surface area contributed by atoms with Crippen LogP contribution in [0, 0.1) is 11.8 Å². The Hall–Kier alpha value is -3.45. The first kappa shape index (κ1) is 19.5. The first-order valence-corrected chi connectivity index (χ1v) is 10.8. The molecule has 31 heavy (non-hydrogen) atoms. The topological polar surface area (TPSA) is 88.1 Å². The second-order valence-corrected chi connectivity index (χ2v) is 8.21. The smallest absolute Gasteiger partial charge is 0.274 e. The number of nitrogens with zero attached hydrogens (tertiary/aromatic N) is 2. The van der Waals surface area contributed by atoms with Gasteiger partial charge in [-0.3, -0.25) is 15.0 Å². The maximum atomic E-state index is 12.8. The summed E-state index contributed by atoms with van der Waals surface area (Å²) in [6.07, 6.45) is 5.91. The summed E-state index contributed by atoms with van der Waals surface area (Å²) in [5.41, 5.74) is 9.18. The quantitative estimate of drug-likeness (QED) is 0.607. The number of aromatic nitrogens is 2. The van der Waals surface area contributed by atoms with E-state index in [1.54, 1.807) is 16.9 Å². The highest BCUT2D eigenvalue weighted by molar-refractivity contribution is 6.03. The Labute approximate surface area is 180 Å². The monoisotopic (exact) mass is 415 g/mol. The number of hydrogen-bond acceptors (Lipinski definition) is 4. The van der Waals surface area contributed by atoms with Crippen molar-refractivity contribution in [3.63, 3.8) is 0 Å². The van der Waals surface area contributed by atoms with E-state index in [0.29, 0.717) is 11.6 Å². The fraction of sp³-hybridized carbons (Fsp3) is 0.292. The number of fused-ring (bicyclic) bond motifs is 1. The van der Waals surface area contributed by atoms with Crippen molar-refractivity contribution >= 4 is 17.5 Å². The van der Waals surface area contributed by atoms with E-state index in [-0.39, 0.29) is 23.8 Å². The van der Waals surface area contributed by atoms with Gasteiger partial charge in [0.2, 0.25) is 5.91 Å². The molecule has 158 valence electrons. The van der Waals surface area contributed by atoms with Gasteiger partial charge in [-0.1, -0.05) is 43.2 Å². The molecule has 0 spiro atoms. The van der Waals surface area contributed by atoms with Crippen LogP contribution in [0.15, 0.2) is 66.9 Å². The predicted octanol–water partition coefficient (Wildman–Crippen LogP) is 3.61. The maximum Gasteiger partial charge on any atom is 0.274 e. The first-order chi connectivity index (χ1) is 15.2. The van der Waals surface area contributed by atoms with Crippen LogP contribution in [0.3, 0.4) is 0 Å². The minimum absolute atomic E-state index is 0.0812. The number of para-hydroxylation sites is 1. The minimum atomic E-state index is -0.218. The molecule has 7 heteroatoms. The molecule has 2 aromatic carbocycles. The van der Waals surface area contributed by atoms with E-state index in [2.05, 4.69) is 21.3 Å². The van der Waals surface area contributed by atoms with Crippen LogP contribution in [0.1, 0.15) is 47.8 Å². The standard InChI is InChI=1S/C24H25N5O2/c30-23-20-9-5-4-8-19(20)22(27-28-23)16-10-12-17(13-11-16)26-24(31)21-14-15-25-29(21)18-6-2-1-3-7-18/h1-3,6-7,10-15,19-20,22,27H,4-5,8-9H2,(H,26,31)(H,28,30). The highest BCUT2D eigenvalue weighted by atomic mass is 16.2. The van der Waals surface area contributed by atoms with Gasteiger partial charge in [-0.05, 0) is 54.7 Å². The minimum Gasteiger partial charge on any atom is -0.321 e. The van der Waals surface area contributed by atoms with Gasteiger partial charge in [0.15, 0.2) is 0 Å². The lowest BCUT2D eigenvalue weighted by Crippen LogP contribution is -2.55. The Bertz CT molecular complexity index is 1080. The molecule has 0 bridgehead atoms. The third-order valence-electron chi connectivity index (χ3n) is 6.34. The molecule has 2 amide bonds. The van der Waals surface area contributed by atoms with E-state index in [9.17, 15) is 9.59 Å². The van der Waals surface area contributed by atoms with Crippen LogP contribution in [0.25, 0.3) is 5.69 Å². The second-order valence-electron chi connectivity index (χ2n) is 8.21. The van der Waals surface area contributed by atoms with Crippen molar-refractivity contribution in [1.82, 2.24) is 20.6 Å². The molecule has 1 saturated heterocycles. The molecule has 2 aliphatic rings. The third-order valence-corrected chi connectivity index (χ3v) is 6.34. The molecule has 3 unspecified atom stereocenters. The zero-order chi connectivity index (χ0) is 21.2. The van der Waals surface area contributed by atoms with E-state index in [0.717, 1.165) is 42.6 Å². The lowest BCUT2D eigenvalue weighted by atomic mass is 9.72. The van der Waals surface area contributed by atoms with E-state index < -0.39 is 0 Å². The summed E-state index contributed by atoms with van der Waals surface area (Å²) in [5, 5.41) is 7.24. The number of anilines is 1. The SMILES string of the molecule is O=C(Nc1ccc(C2NNC(=O)C3CCCCC32)cc1)c1ccnn1-c1ccccc1. The zero-order valence-electron chi connectivity index (χ0n) is 17.1. The summed E-state index contributed by atoms with van der Waals surface area (Å²) in [4.78, 5) is 25.0. The molecule has 3 atom stereocenters. The number of carbonyl (C=O) groups is 2. The summed E-state index contributed by atoms with van der Waals surface area (Å²) in [7, 11) is 0. The Balaban J connectivity index is 1.31. The number of amides is 2. The van der Waals surface area contributed by atoms with Crippen molar-refractivity contribution in [3.8, 4) is 5.69 Å². The van der Waals surface area contributed by atoms with Gasteiger partial charge in [-0.25, -0.2) is 10.1 Å². The summed E-state index contributed by atoms with van der Waals surface area (Å²) in [6.45, 7) is 0. The molecule has 2 fully saturated rings. The van der Waals surface area contributed by atoms with Gasteiger partial charge in [0, 0.05) is 11.6 Å². The normalized spacial score (nSPS) is 23.0. The molecule has 3 aromatic rings. The van der Waals surface area contributed by atoms with Gasteiger partial charge < -0.3 is 5.32 Å². The van der Waals surface area contributed by atoms with E-state index in [4.69, 9.17) is 0 Å². The second kappa shape index (κ2) is 8.35. The Morgan fingerprint density at radius 1 is 1.00 bits per heavy atom. The molecule has 2 heterocycles. The Morgan fingerprint density at radius 3 is 2.58 bits per heavy atom. The molecule has 7 nitrogen and oxygen atoms in total. The van der Waals surface area contributed by atoms with Crippen LogP contribution in [0.4, 0.5) is 5.69 Å². The van der Waals surface area contributed by atoms with Crippen molar-refractivity contribution in [1.29, 1.82) is 0 Å². The summed E-state index contributed by atoms with van der Waals surface area (Å²) in [5.74, 6) is 0.283. The number of benzene rings is 2. The molecule has 1 saturated carbocycles. The summed E-state index contributed by atoms with van der Waals surface area (Å²) >= 11 is 0. The summed E-state index contributed by atoms with van der Waals surface area (Å²) < 4.78 is 1.63. The third kappa shape index (κ3) is 3.84. The molecular weight excluding hydrogens is 390 g/mol. The van der Waals surface area contributed by atoms with Gasteiger partial charge >= 0.3 is 0 Å². The van der Waals surface area contributed by atoms with E-state index >= 15 is 0 Å². The molecule has 0 radical (unpaired) electrons. The van der Waals surface area contributed by atoms with Gasteiger partial charge in [0.1, 0.15) is 5.69 Å².